The number of imidazole rings is 1. The summed E-state index contributed by atoms with van der Waals surface area (Å²) in [7, 11) is 1.38. The van der Waals surface area contributed by atoms with Crippen LogP contribution in [0.1, 0.15) is 15.9 Å². The van der Waals surface area contributed by atoms with Crippen LogP contribution in [0, 0.1) is 0 Å². The molecule has 0 bridgehead atoms. The van der Waals surface area contributed by atoms with Crippen molar-refractivity contribution >= 4 is 39.4 Å². The number of hydrogen-bond donors (Lipinski definition) is 0. The summed E-state index contributed by atoms with van der Waals surface area (Å²) in [4.78, 5) is 31.2. The number of esters is 1. The van der Waals surface area contributed by atoms with Gasteiger partial charge in [0.05, 0.1) is 39.6 Å². The standard InChI is InChI=1S/C34H23N3O3S/c1-40-33(39)24-16-18-26(19-17-24)36-29(22-10-4-2-5-11-22)20-25(31(36)23-12-6-3-7-13-23)21-30-32(38)37-28-15-9-8-14-27(28)35-34(37)41-30/h2-21H,1H3/b30-21-. The second-order valence-corrected chi connectivity index (χ2v) is 10.6. The van der Waals surface area contributed by atoms with Gasteiger partial charge in [-0.05, 0) is 59.7 Å². The van der Waals surface area contributed by atoms with Gasteiger partial charge in [0.15, 0.2) is 4.96 Å². The number of benzene rings is 4. The molecule has 7 heteroatoms. The highest BCUT2D eigenvalue weighted by Gasteiger charge is 2.20. The van der Waals surface area contributed by atoms with E-state index >= 15 is 0 Å². The third-order valence-corrected chi connectivity index (χ3v) is 8.09. The number of thiazole rings is 1. The lowest BCUT2D eigenvalue weighted by atomic mass is 10.1. The minimum atomic E-state index is -0.386. The Morgan fingerprint density at radius 1 is 0.829 bits per heavy atom. The van der Waals surface area contributed by atoms with Crippen LogP contribution in [0.5, 0.6) is 0 Å². The van der Waals surface area contributed by atoms with Crippen molar-refractivity contribution in [2.45, 2.75) is 0 Å². The molecule has 0 amide bonds. The average Bonchev–Trinajstić information content (AvgIpc) is 3.68. The smallest absolute Gasteiger partial charge is 0.337 e. The van der Waals surface area contributed by atoms with Crippen LogP contribution in [0.25, 0.3) is 50.3 Å². The first kappa shape index (κ1) is 24.7. The summed E-state index contributed by atoms with van der Waals surface area (Å²) in [6.07, 6.45) is 1.96. The number of hydrogen-bond acceptors (Lipinski definition) is 5. The molecule has 41 heavy (non-hydrogen) atoms. The molecule has 3 heterocycles. The molecule has 0 unspecified atom stereocenters. The van der Waals surface area contributed by atoms with E-state index < -0.39 is 0 Å². The van der Waals surface area contributed by atoms with Crippen molar-refractivity contribution in [3.8, 4) is 28.2 Å². The van der Waals surface area contributed by atoms with Gasteiger partial charge in [0.1, 0.15) is 0 Å². The number of rotatable bonds is 5. The number of carbonyl (C=O) groups is 1. The summed E-state index contributed by atoms with van der Waals surface area (Å²) in [6.45, 7) is 0. The molecular weight excluding hydrogens is 530 g/mol. The van der Waals surface area contributed by atoms with Crippen LogP contribution in [0.3, 0.4) is 0 Å². The Hall–Kier alpha value is -5.27. The van der Waals surface area contributed by atoms with Crippen LogP contribution >= 0.6 is 11.3 Å². The van der Waals surface area contributed by atoms with Crippen molar-refractivity contribution in [1.82, 2.24) is 14.0 Å². The van der Waals surface area contributed by atoms with Gasteiger partial charge in [-0.3, -0.25) is 4.79 Å². The topological polar surface area (TPSA) is 65.6 Å². The van der Waals surface area contributed by atoms with Crippen LogP contribution in [-0.2, 0) is 4.74 Å². The lowest BCUT2D eigenvalue weighted by molar-refractivity contribution is 0.0600. The highest BCUT2D eigenvalue weighted by atomic mass is 32.1. The largest absolute Gasteiger partial charge is 0.465 e. The van der Waals surface area contributed by atoms with Crippen molar-refractivity contribution in [3.63, 3.8) is 0 Å². The van der Waals surface area contributed by atoms with Gasteiger partial charge in [-0.25, -0.2) is 14.2 Å². The number of ether oxygens (including phenoxy) is 1. The Bertz CT molecular complexity index is 2160. The molecule has 3 aromatic heterocycles. The zero-order valence-electron chi connectivity index (χ0n) is 22.0. The van der Waals surface area contributed by atoms with E-state index in [1.54, 1.807) is 16.5 Å². The molecule has 0 atom stereocenters. The first-order valence-corrected chi connectivity index (χ1v) is 13.9. The average molecular weight is 554 g/mol. The lowest BCUT2D eigenvalue weighted by Gasteiger charge is -2.15. The molecule has 0 fully saturated rings. The number of para-hydroxylation sites is 2. The van der Waals surface area contributed by atoms with Gasteiger partial charge < -0.3 is 9.30 Å². The van der Waals surface area contributed by atoms with Crippen molar-refractivity contribution < 1.29 is 9.53 Å². The van der Waals surface area contributed by atoms with E-state index in [0.717, 1.165) is 44.8 Å². The van der Waals surface area contributed by atoms with Gasteiger partial charge in [0, 0.05) is 11.3 Å². The van der Waals surface area contributed by atoms with Crippen LogP contribution in [0.15, 0.2) is 120 Å². The molecule has 7 rings (SSSR count). The van der Waals surface area contributed by atoms with Gasteiger partial charge in [-0.1, -0.05) is 84.1 Å². The van der Waals surface area contributed by atoms with Gasteiger partial charge in [-0.2, -0.15) is 0 Å². The third kappa shape index (κ3) is 4.23. The maximum atomic E-state index is 13.7. The number of carbonyl (C=O) groups excluding carboxylic acids is 1. The molecule has 0 spiro atoms. The molecule has 198 valence electrons. The van der Waals surface area contributed by atoms with Crippen molar-refractivity contribution in [3.05, 3.63) is 141 Å². The number of fused-ring (bicyclic) bond motifs is 3. The maximum absolute atomic E-state index is 13.7. The quantitative estimate of drug-likeness (QED) is 0.233. The van der Waals surface area contributed by atoms with E-state index in [0.29, 0.717) is 15.1 Å². The first-order valence-electron chi connectivity index (χ1n) is 13.1. The Labute approximate surface area is 239 Å². The molecule has 0 radical (unpaired) electrons. The fraction of sp³-hybridized carbons (Fsp3) is 0.0294. The Morgan fingerprint density at radius 3 is 2.20 bits per heavy atom. The van der Waals surface area contributed by atoms with E-state index in [1.807, 2.05) is 78.9 Å². The van der Waals surface area contributed by atoms with Crippen LogP contribution in [0.2, 0.25) is 0 Å². The predicted octanol–water partition coefficient (Wildman–Crippen LogP) is 6.37. The van der Waals surface area contributed by atoms with Gasteiger partial charge >= 0.3 is 5.97 Å². The lowest BCUT2D eigenvalue weighted by Crippen LogP contribution is -2.22. The normalized spacial score (nSPS) is 11.9. The minimum absolute atomic E-state index is 0.0887. The second kappa shape index (κ2) is 10.0. The van der Waals surface area contributed by atoms with Crippen molar-refractivity contribution in [2.75, 3.05) is 7.11 Å². The van der Waals surface area contributed by atoms with E-state index in [4.69, 9.17) is 4.74 Å². The third-order valence-electron chi connectivity index (χ3n) is 7.13. The Kier molecular flexibility index (Phi) is 6.06. The molecule has 4 aromatic carbocycles. The molecule has 0 aliphatic carbocycles. The summed E-state index contributed by atoms with van der Waals surface area (Å²) < 4.78 is 9.38. The van der Waals surface area contributed by atoms with E-state index in [2.05, 4.69) is 39.9 Å². The minimum Gasteiger partial charge on any atom is -0.465 e. The number of aromatic nitrogens is 3. The highest BCUT2D eigenvalue weighted by Crippen LogP contribution is 2.36. The summed E-state index contributed by atoms with van der Waals surface area (Å²) >= 11 is 1.39. The van der Waals surface area contributed by atoms with Gasteiger partial charge in [0.25, 0.3) is 5.56 Å². The van der Waals surface area contributed by atoms with E-state index in [9.17, 15) is 9.59 Å². The van der Waals surface area contributed by atoms with Crippen molar-refractivity contribution in [2.24, 2.45) is 0 Å². The molecule has 7 aromatic rings. The Balaban J connectivity index is 1.53. The molecule has 0 N–H and O–H groups in total. The first-order chi connectivity index (χ1) is 20.1. The fourth-order valence-electron chi connectivity index (χ4n) is 5.24. The van der Waals surface area contributed by atoms with Crippen LogP contribution in [-0.4, -0.2) is 27.0 Å². The zero-order valence-corrected chi connectivity index (χ0v) is 22.8. The van der Waals surface area contributed by atoms with E-state index in [-0.39, 0.29) is 11.5 Å². The van der Waals surface area contributed by atoms with Crippen molar-refractivity contribution in [1.29, 1.82) is 0 Å². The number of methoxy groups -OCH3 is 1. The fourth-order valence-corrected chi connectivity index (χ4v) is 6.22. The zero-order chi connectivity index (χ0) is 27.9. The molecule has 6 nitrogen and oxygen atoms in total. The van der Waals surface area contributed by atoms with Crippen LogP contribution < -0.4 is 10.1 Å². The second-order valence-electron chi connectivity index (χ2n) is 9.57. The van der Waals surface area contributed by atoms with Gasteiger partial charge in [-0.15, -0.1) is 0 Å². The molecule has 0 aliphatic heterocycles. The molecular formula is C34H23N3O3S. The van der Waals surface area contributed by atoms with E-state index in [1.165, 1.54) is 18.4 Å². The van der Waals surface area contributed by atoms with Crippen LogP contribution in [0.4, 0.5) is 0 Å². The SMILES string of the molecule is COC(=O)c1ccc(-n2c(-c3ccccc3)cc(/C=c3\sc4nc5ccccc5n4c3=O)c2-c2ccccc2)cc1. The highest BCUT2D eigenvalue weighted by molar-refractivity contribution is 7.15. The van der Waals surface area contributed by atoms with Gasteiger partial charge in [0.2, 0.25) is 0 Å². The monoisotopic (exact) mass is 553 g/mol. The maximum Gasteiger partial charge on any atom is 0.337 e. The summed E-state index contributed by atoms with van der Waals surface area (Å²) in [6, 6.07) is 37.4. The number of nitrogens with zero attached hydrogens (tertiary/aromatic N) is 3. The predicted molar refractivity (Wildman–Crippen MR) is 164 cm³/mol. The molecule has 0 aliphatic rings. The molecule has 0 saturated carbocycles. The molecule has 0 saturated heterocycles. The summed E-state index contributed by atoms with van der Waals surface area (Å²) in [5.74, 6) is -0.386. The summed E-state index contributed by atoms with van der Waals surface area (Å²) in [5.41, 5.74) is 7.69. The summed E-state index contributed by atoms with van der Waals surface area (Å²) in [5, 5.41) is 0. The Morgan fingerprint density at radius 2 is 1.49 bits per heavy atom.